The van der Waals surface area contributed by atoms with E-state index in [1.54, 1.807) is 0 Å². The molecule has 35 heavy (non-hydrogen) atoms. The standard InChI is InChI=1S/C30H39ClN2O2/c31-27-5-1-22(2-6-27)19-32-9-11-33(12-10-32)20-28(34)21-35-29-7-3-26(4-8-29)30-16-23-13-24(17-30)15-25(14-23)18-30/h1-8,23-25,28,34H,9-21H2. The van der Waals surface area contributed by atoms with E-state index in [2.05, 4.69) is 46.2 Å². The molecule has 1 heterocycles. The Balaban J connectivity index is 0.946. The van der Waals surface area contributed by atoms with E-state index in [0.717, 1.165) is 61.2 Å². The zero-order valence-corrected chi connectivity index (χ0v) is 21.5. The molecule has 0 spiro atoms. The maximum Gasteiger partial charge on any atom is 0.119 e. The highest BCUT2D eigenvalue weighted by molar-refractivity contribution is 6.30. The molecule has 5 heteroatoms. The Morgan fingerprint density at radius 3 is 2.00 bits per heavy atom. The number of rotatable bonds is 8. The van der Waals surface area contributed by atoms with Gasteiger partial charge in [-0.25, -0.2) is 0 Å². The average molecular weight is 495 g/mol. The second-order valence-electron chi connectivity index (χ2n) is 11.9. The maximum atomic E-state index is 10.6. The molecule has 5 aliphatic rings. The van der Waals surface area contributed by atoms with Gasteiger partial charge in [-0.15, -0.1) is 0 Å². The molecule has 1 unspecified atom stereocenters. The van der Waals surface area contributed by atoms with E-state index >= 15 is 0 Å². The van der Waals surface area contributed by atoms with Crippen LogP contribution in [0.1, 0.15) is 49.7 Å². The molecule has 0 radical (unpaired) electrons. The fraction of sp³-hybridized carbons (Fsp3) is 0.600. The Morgan fingerprint density at radius 2 is 1.40 bits per heavy atom. The molecule has 2 aromatic rings. The molecule has 4 bridgehead atoms. The average Bonchev–Trinajstić information content (AvgIpc) is 2.85. The minimum atomic E-state index is -0.472. The predicted molar refractivity (Wildman–Crippen MR) is 141 cm³/mol. The quantitative estimate of drug-likeness (QED) is 0.535. The van der Waals surface area contributed by atoms with Crippen LogP contribution in [-0.4, -0.2) is 60.3 Å². The van der Waals surface area contributed by atoms with Gasteiger partial charge in [0.2, 0.25) is 0 Å². The van der Waals surface area contributed by atoms with Gasteiger partial charge in [0.05, 0.1) is 0 Å². The number of piperazine rings is 1. The van der Waals surface area contributed by atoms with Gasteiger partial charge in [-0.1, -0.05) is 35.9 Å². The Bertz CT molecular complexity index is 949. The van der Waals surface area contributed by atoms with Crippen LogP contribution in [0.3, 0.4) is 0 Å². The molecule has 7 rings (SSSR count). The van der Waals surface area contributed by atoms with Crippen molar-refractivity contribution in [2.45, 2.75) is 56.6 Å². The van der Waals surface area contributed by atoms with Crippen molar-refractivity contribution in [3.63, 3.8) is 0 Å². The topological polar surface area (TPSA) is 35.9 Å². The van der Waals surface area contributed by atoms with Crippen molar-refractivity contribution in [1.29, 1.82) is 0 Å². The lowest BCUT2D eigenvalue weighted by Crippen LogP contribution is -2.48. The van der Waals surface area contributed by atoms with Gasteiger partial charge in [0.15, 0.2) is 0 Å². The van der Waals surface area contributed by atoms with Crippen molar-refractivity contribution in [2.24, 2.45) is 17.8 Å². The summed E-state index contributed by atoms with van der Waals surface area (Å²) in [6.07, 6.45) is 8.16. The Hall–Kier alpha value is -1.59. The SMILES string of the molecule is OC(COc1ccc(C23CC4CC(CC(C4)C2)C3)cc1)CN1CCN(Cc2ccc(Cl)cc2)CC1. The van der Waals surface area contributed by atoms with Crippen molar-refractivity contribution in [2.75, 3.05) is 39.3 Å². The van der Waals surface area contributed by atoms with Crippen molar-refractivity contribution < 1.29 is 9.84 Å². The number of nitrogens with zero attached hydrogens (tertiary/aromatic N) is 2. The summed E-state index contributed by atoms with van der Waals surface area (Å²) in [5.74, 6) is 3.77. The van der Waals surface area contributed by atoms with Crippen molar-refractivity contribution in [3.8, 4) is 5.75 Å². The van der Waals surface area contributed by atoms with E-state index in [0.29, 0.717) is 18.6 Å². The first-order chi connectivity index (χ1) is 17.0. The lowest BCUT2D eigenvalue weighted by molar-refractivity contribution is -0.00522. The van der Waals surface area contributed by atoms with Gasteiger partial charge in [-0.3, -0.25) is 9.80 Å². The number of aliphatic hydroxyl groups is 1. The van der Waals surface area contributed by atoms with Crippen LogP contribution < -0.4 is 4.74 Å². The molecule has 1 N–H and O–H groups in total. The molecule has 5 fully saturated rings. The largest absolute Gasteiger partial charge is 0.491 e. The molecule has 4 aliphatic carbocycles. The molecule has 1 aliphatic heterocycles. The summed E-state index contributed by atoms with van der Waals surface area (Å²) in [4.78, 5) is 4.82. The van der Waals surface area contributed by atoms with Crippen LogP contribution in [0, 0.1) is 17.8 Å². The molecular weight excluding hydrogens is 456 g/mol. The monoisotopic (exact) mass is 494 g/mol. The Kier molecular flexibility index (Phi) is 6.83. The van der Waals surface area contributed by atoms with Crippen LogP contribution in [0.2, 0.25) is 5.02 Å². The highest BCUT2D eigenvalue weighted by Gasteiger charge is 2.51. The van der Waals surface area contributed by atoms with Crippen molar-refractivity contribution in [3.05, 3.63) is 64.7 Å². The van der Waals surface area contributed by atoms with E-state index in [1.165, 1.54) is 49.7 Å². The predicted octanol–water partition coefficient (Wildman–Crippen LogP) is 5.37. The Morgan fingerprint density at radius 1 is 0.829 bits per heavy atom. The van der Waals surface area contributed by atoms with Gasteiger partial charge in [0, 0.05) is 44.3 Å². The lowest BCUT2D eigenvalue weighted by atomic mass is 9.48. The fourth-order valence-corrected chi connectivity index (χ4v) is 8.02. The van der Waals surface area contributed by atoms with Gasteiger partial charge >= 0.3 is 0 Å². The zero-order valence-electron chi connectivity index (χ0n) is 20.7. The highest BCUT2D eigenvalue weighted by atomic mass is 35.5. The van der Waals surface area contributed by atoms with Crippen molar-refractivity contribution in [1.82, 2.24) is 9.80 Å². The summed E-state index contributed by atoms with van der Waals surface area (Å²) < 4.78 is 6.00. The molecule has 4 nitrogen and oxygen atoms in total. The molecule has 2 aromatic carbocycles. The van der Waals surface area contributed by atoms with Gasteiger partial charge in [0.25, 0.3) is 0 Å². The van der Waals surface area contributed by atoms with E-state index in [4.69, 9.17) is 16.3 Å². The first kappa shape index (κ1) is 23.8. The van der Waals surface area contributed by atoms with E-state index in [-0.39, 0.29) is 0 Å². The van der Waals surface area contributed by atoms with Gasteiger partial charge in [-0.05, 0) is 97.1 Å². The normalized spacial score (nSPS) is 31.5. The molecular formula is C30H39ClN2O2. The van der Waals surface area contributed by atoms with Crippen LogP contribution in [0.5, 0.6) is 5.75 Å². The second kappa shape index (κ2) is 10.0. The molecule has 188 valence electrons. The third-order valence-corrected chi connectivity index (χ3v) is 9.45. The number of β-amino-alcohol motifs (C(OH)–C–C–N with tert-alkyl or cyclic N) is 1. The van der Waals surface area contributed by atoms with Crippen molar-refractivity contribution >= 4 is 11.6 Å². The number of benzene rings is 2. The smallest absolute Gasteiger partial charge is 0.119 e. The van der Waals surface area contributed by atoms with Gasteiger partial charge in [-0.2, -0.15) is 0 Å². The van der Waals surface area contributed by atoms with Crippen LogP contribution in [0.4, 0.5) is 0 Å². The van der Waals surface area contributed by atoms with E-state index in [9.17, 15) is 5.11 Å². The minimum Gasteiger partial charge on any atom is -0.491 e. The number of ether oxygens (including phenoxy) is 1. The van der Waals surface area contributed by atoms with Gasteiger partial charge in [0.1, 0.15) is 18.5 Å². The summed E-state index contributed by atoms with van der Waals surface area (Å²) in [5, 5.41) is 11.4. The lowest BCUT2D eigenvalue weighted by Gasteiger charge is -2.57. The third kappa shape index (κ3) is 5.41. The highest BCUT2D eigenvalue weighted by Crippen LogP contribution is 2.60. The molecule has 1 atom stereocenters. The zero-order chi connectivity index (χ0) is 23.8. The minimum absolute atomic E-state index is 0.349. The molecule has 4 saturated carbocycles. The number of aliphatic hydroxyl groups excluding tert-OH is 1. The fourth-order valence-electron chi connectivity index (χ4n) is 7.89. The maximum absolute atomic E-state index is 10.6. The summed E-state index contributed by atoms with van der Waals surface area (Å²) in [6.45, 7) is 5.95. The summed E-state index contributed by atoms with van der Waals surface area (Å²) in [7, 11) is 0. The van der Waals surface area contributed by atoms with Crippen LogP contribution >= 0.6 is 11.6 Å². The number of hydrogen-bond acceptors (Lipinski definition) is 4. The molecule has 1 saturated heterocycles. The Labute approximate surface area is 215 Å². The van der Waals surface area contributed by atoms with Gasteiger partial charge < -0.3 is 9.84 Å². The summed E-state index contributed by atoms with van der Waals surface area (Å²) in [6, 6.07) is 17.0. The molecule has 0 amide bonds. The first-order valence-electron chi connectivity index (χ1n) is 13.6. The first-order valence-corrected chi connectivity index (χ1v) is 14.0. The van der Waals surface area contributed by atoms with E-state index < -0.39 is 6.10 Å². The van der Waals surface area contributed by atoms with E-state index in [1.807, 2.05) is 12.1 Å². The summed E-state index contributed by atoms with van der Waals surface area (Å²) in [5.41, 5.74) is 3.26. The van der Waals surface area contributed by atoms with Crippen LogP contribution in [0.25, 0.3) is 0 Å². The molecule has 0 aromatic heterocycles. The third-order valence-electron chi connectivity index (χ3n) is 9.20. The van der Waals surface area contributed by atoms with Crippen LogP contribution in [0.15, 0.2) is 48.5 Å². The second-order valence-corrected chi connectivity index (χ2v) is 12.3. The number of hydrogen-bond donors (Lipinski definition) is 1. The summed E-state index contributed by atoms with van der Waals surface area (Å²) >= 11 is 6.00. The van der Waals surface area contributed by atoms with Crippen LogP contribution in [-0.2, 0) is 12.0 Å². The number of halogens is 1.